The molecule has 0 heterocycles. The third kappa shape index (κ3) is 93.7. The van der Waals surface area contributed by atoms with E-state index in [4.69, 9.17) is 25.3 Å². The average molecular weight is 417 g/mol. The molecule has 0 N–H and O–H groups in total. The molecule has 0 unspecified atom stereocenters. The third-order valence-electron chi connectivity index (χ3n) is 0.629. The topological polar surface area (TPSA) is 24.7 Å². The number of nitrogens with zero attached hydrogens (tertiary/aromatic N) is 2. The molecule has 0 rings (SSSR count). The Hall–Kier alpha value is 0.988. The van der Waals surface area contributed by atoms with Gasteiger partial charge in [0.15, 0.2) is 0 Å². The van der Waals surface area contributed by atoms with Gasteiger partial charge >= 0.3 is 77.8 Å². The van der Waals surface area contributed by atoms with Crippen molar-refractivity contribution in [3.63, 3.8) is 0 Å². The van der Waals surface area contributed by atoms with Crippen molar-refractivity contribution in [3.8, 4) is 0 Å². The van der Waals surface area contributed by atoms with Crippen molar-refractivity contribution < 1.29 is 18.2 Å². The molecule has 0 aromatic carbocycles. The fraction of sp³-hybridized carbons (Fsp3) is 1.00. The van der Waals surface area contributed by atoms with E-state index in [0.29, 0.717) is 0 Å². The Labute approximate surface area is 153 Å². The Morgan fingerprint density at radius 3 is 0.762 bits per heavy atom. The van der Waals surface area contributed by atoms with Crippen LogP contribution in [0.25, 0.3) is 0 Å². The summed E-state index contributed by atoms with van der Waals surface area (Å²) >= 11 is 9.18. The second-order valence-electron chi connectivity index (χ2n) is 8.83. The summed E-state index contributed by atoms with van der Waals surface area (Å²) in [6.07, 6.45) is 0. The van der Waals surface area contributed by atoms with E-state index >= 15 is 0 Å². The first-order chi connectivity index (χ1) is 8.71. The Morgan fingerprint density at radius 1 is 0.524 bits per heavy atom. The van der Waals surface area contributed by atoms with Crippen molar-refractivity contribution in [2.24, 2.45) is 6.99 Å². The molecule has 0 saturated carbocycles. The molecule has 128 valence electrons. The van der Waals surface area contributed by atoms with Crippen LogP contribution in [-0.4, -0.2) is 20.6 Å². The first kappa shape index (κ1) is 26.9. The van der Waals surface area contributed by atoms with Gasteiger partial charge in [0.2, 0.25) is 0 Å². The van der Waals surface area contributed by atoms with Crippen LogP contribution >= 0.6 is 0 Å². The van der Waals surface area contributed by atoms with Crippen molar-refractivity contribution in [2.45, 2.75) is 104 Å². The molecule has 0 saturated heterocycles. The standard InChI is InChI=1S/2C4H9N.2C4H10S.Mo/c4*1-4(2,3)5;/h2*1-3H3;2*5H,1-3H3;/q;;;;+2/p-2. The Bertz CT molecular complexity index is 278. The zero-order chi connectivity index (χ0) is 18.1. The zero-order valence-electron chi connectivity index (χ0n) is 16.1. The maximum absolute atomic E-state index is 4.83. The molecule has 5 heteroatoms. The van der Waals surface area contributed by atoms with Gasteiger partial charge in [-0.3, -0.25) is 0 Å². The minimum Gasteiger partial charge on any atom is -0.787 e. The Morgan fingerprint density at radius 2 is 0.667 bits per heavy atom. The molecule has 0 aliphatic carbocycles. The second-order valence-corrected chi connectivity index (χ2v) is 12.6. The maximum atomic E-state index is 4.83. The molecular formula is C16H36MoN2S2. The molecule has 0 aromatic rings. The van der Waals surface area contributed by atoms with Crippen LogP contribution in [-0.2, 0) is 43.5 Å². The Kier molecular flexibility index (Phi) is 13.7. The van der Waals surface area contributed by atoms with Gasteiger partial charge in [-0.2, -0.15) is 9.49 Å². The van der Waals surface area contributed by atoms with Crippen LogP contribution in [0.1, 0.15) is 83.1 Å². The van der Waals surface area contributed by atoms with E-state index in [1.165, 1.54) is 0 Å². The van der Waals surface area contributed by atoms with Gasteiger partial charge in [0.25, 0.3) is 0 Å². The van der Waals surface area contributed by atoms with E-state index in [2.05, 4.69) is 48.5 Å². The molecule has 0 aliphatic heterocycles. The normalized spacial score (nSPS) is 12.1. The molecule has 21 heavy (non-hydrogen) atoms. The summed E-state index contributed by atoms with van der Waals surface area (Å²) in [5.74, 6) is 0. The van der Waals surface area contributed by atoms with Crippen LogP contribution in [0.15, 0.2) is 6.99 Å². The van der Waals surface area contributed by atoms with Gasteiger partial charge in [-0.25, -0.2) is 0 Å². The summed E-state index contributed by atoms with van der Waals surface area (Å²) in [5, 5.41) is 0. The minimum atomic E-state index is -0.473. The van der Waals surface area contributed by atoms with Gasteiger partial charge in [-0.1, -0.05) is 41.5 Å². The summed E-state index contributed by atoms with van der Waals surface area (Å²) in [5.41, 5.74) is 0.216. The molecule has 0 atom stereocenters. The molecule has 0 aromatic heterocycles. The van der Waals surface area contributed by atoms with Crippen molar-refractivity contribution in [1.82, 2.24) is 0 Å². The van der Waals surface area contributed by atoms with Crippen LogP contribution in [0.3, 0.4) is 0 Å². The van der Waals surface area contributed by atoms with Crippen molar-refractivity contribution >= 4 is 25.3 Å². The predicted molar refractivity (Wildman–Crippen MR) is 98.6 cm³/mol. The van der Waals surface area contributed by atoms with Crippen LogP contribution < -0.4 is 0 Å². The van der Waals surface area contributed by atoms with Gasteiger partial charge in [-0.05, 0) is 0 Å². The molecule has 0 radical (unpaired) electrons. The van der Waals surface area contributed by atoms with Gasteiger partial charge < -0.3 is 25.3 Å². The van der Waals surface area contributed by atoms with E-state index < -0.39 is 18.2 Å². The zero-order valence-corrected chi connectivity index (χ0v) is 19.8. The number of rotatable bonds is 0. The molecule has 0 amide bonds. The first-order valence-corrected chi connectivity index (χ1v) is 9.83. The largest absolute Gasteiger partial charge is 0.787 e. The maximum Gasteiger partial charge on any atom is -0.0823 e. The smallest absolute Gasteiger partial charge is 0.0823 e. The van der Waals surface area contributed by atoms with Gasteiger partial charge in [-0.15, -0.1) is 0 Å². The van der Waals surface area contributed by atoms with Crippen molar-refractivity contribution in [3.05, 3.63) is 0 Å². The van der Waals surface area contributed by atoms with E-state index in [1.54, 1.807) is 0 Å². The van der Waals surface area contributed by atoms with E-state index in [-0.39, 0.29) is 20.6 Å². The molecule has 2 nitrogen and oxygen atoms in total. The summed E-state index contributed by atoms with van der Waals surface area (Å²) in [6.45, 7) is 24.7. The fourth-order valence-corrected chi connectivity index (χ4v) is 1.57. The first-order valence-electron chi connectivity index (χ1n) is 7.22. The van der Waals surface area contributed by atoms with E-state index in [9.17, 15) is 0 Å². The number of hydrogen-bond donors (Lipinski definition) is 0. The predicted octanol–water partition coefficient (Wildman–Crippen LogP) is 5.70. The molecule has 0 bridgehead atoms. The molecule has 0 fully saturated rings. The second kappa shape index (κ2) is 10.7. The quantitative estimate of drug-likeness (QED) is 0.374. The van der Waals surface area contributed by atoms with Gasteiger partial charge in [0, 0.05) is 0 Å². The Balaban J connectivity index is -0.000000270. The summed E-state index contributed by atoms with van der Waals surface area (Å²) in [7, 11) is 0. The SMILES string of the molecule is CC(C)(C)[N]=[Mo+2]=[N]C(C)(C)C.CC(C)(C)[S-].CC(C)(C)[S-]. The fourth-order valence-electron chi connectivity index (χ4n) is 0.265. The van der Waals surface area contributed by atoms with Crippen molar-refractivity contribution in [1.29, 1.82) is 0 Å². The number of hydrogen-bond acceptors (Lipinski definition) is 4. The van der Waals surface area contributed by atoms with Gasteiger partial charge in [0.05, 0.1) is 0 Å². The third-order valence-corrected chi connectivity index (χ3v) is 3.72. The van der Waals surface area contributed by atoms with E-state index in [0.717, 1.165) is 0 Å². The summed E-state index contributed by atoms with van der Waals surface area (Å²) < 4.78 is 9.18. The monoisotopic (exact) mass is 418 g/mol. The van der Waals surface area contributed by atoms with Crippen LogP contribution in [0.2, 0.25) is 0 Å². The van der Waals surface area contributed by atoms with Crippen LogP contribution in [0.4, 0.5) is 0 Å². The molecule has 0 aliphatic rings. The molecular weight excluding hydrogens is 380 g/mol. The minimum absolute atomic E-state index is 0.0833. The van der Waals surface area contributed by atoms with Crippen LogP contribution in [0, 0.1) is 0 Å². The van der Waals surface area contributed by atoms with Gasteiger partial charge in [0.1, 0.15) is 0 Å². The summed E-state index contributed by atoms with van der Waals surface area (Å²) in [6, 6.07) is 0. The van der Waals surface area contributed by atoms with Crippen LogP contribution in [0.5, 0.6) is 0 Å². The van der Waals surface area contributed by atoms with E-state index in [1.807, 2.05) is 41.5 Å². The van der Waals surface area contributed by atoms with Crippen molar-refractivity contribution in [2.75, 3.05) is 0 Å². The average Bonchev–Trinajstić information content (AvgIpc) is 1.89. The summed E-state index contributed by atoms with van der Waals surface area (Å²) in [4.78, 5) is 0. The molecule has 0 spiro atoms.